The third kappa shape index (κ3) is 1.63. The van der Waals surface area contributed by atoms with Crippen molar-refractivity contribution in [3.63, 3.8) is 0 Å². The van der Waals surface area contributed by atoms with Gasteiger partial charge in [-0.2, -0.15) is 0 Å². The van der Waals surface area contributed by atoms with Crippen molar-refractivity contribution in [2.24, 2.45) is 0 Å². The second-order valence-corrected chi connectivity index (χ2v) is 3.49. The van der Waals surface area contributed by atoms with Crippen LogP contribution in [0.1, 0.15) is 12.8 Å². The van der Waals surface area contributed by atoms with E-state index in [-0.39, 0.29) is 27.6 Å². The van der Waals surface area contributed by atoms with E-state index in [1.165, 1.54) is 0 Å². The van der Waals surface area contributed by atoms with Crippen molar-refractivity contribution in [3.05, 3.63) is 0 Å². The molecule has 1 aliphatic rings. The number of hydrogen-bond donors (Lipinski definition) is 0. The van der Waals surface area contributed by atoms with E-state index in [1.54, 1.807) is 0 Å². The van der Waals surface area contributed by atoms with E-state index < -0.39 is 0 Å². The molecular formula is C4H6IO2-. The van der Waals surface area contributed by atoms with Crippen LogP contribution in [0.25, 0.3) is 0 Å². The number of carbonyl (C=O) groups is 1. The van der Waals surface area contributed by atoms with Crippen LogP contribution in [0.15, 0.2) is 0 Å². The molecule has 7 heavy (non-hydrogen) atoms. The van der Waals surface area contributed by atoms with Crippen LogP contribution in [-0.4, -0.2) is 10.4 Å². The van der Waals surface area contributed by atoms with Crippen LogP contribution < -0.4 is 21.6 Å². The molecule has 0 aliphatic carbocycles. The summed E-state index contributed by atoms with van der Waals surface area (Å²) in [4.78, 5) is 10.3. The van der Waals surface area contributed by atoms with Crippen LogP contribution in [0.2, 0.25) is 0 Å². The molecule has 0 saturated carbocycles. The minimum absolute atomic E-state index is 0.0130. The molecule has 0 aromatic heterocycles. The molecule has 1 fully saturated rings. The van der Waals surface area contributed by atoms with Gasteiger partial charge in [-0.05, 0) is 0 Å². The summed E-state index contributed by atoms with van der Waals surface area (Å²) in [5.74, 6) is 0.0130. The first-order chi connectivity index (χ1) is 3.39. The Morgan fingerprint density at radius 1 is 1.71 bits per heavy atom. The van der Waals surface area contributed by atoms with Gasteiger partial charge in [0.2, 0.25) is 0 Å². The van der Waals surface area contributed by atoms with E-state index in [1.807, 2.05) is 0 Å². The van der Waals surface area contributed by atoms with Gasteiger partial charge in [0.05, 0.1) is 0 Å². The first kappa shape index (κ1) is 5.34. The van der Waals surface area contributed by atoms with Gasteiger partial charge in [0.1, 0.15) is 0 Å². The normalized spacial score (nSPS) is 22.6. The monoisotopic (exact) mass is 213 g/mol. The summed E-state index contributed by atoms with van der Waals surface area (Å²) >= 11 is -0.175. The molecule has 1 aliphatic heterocycles. The fraction of sp³-hybridized carbons (Fsp3) is 0.750. The van der Waals surface area contributed by atoms with Crippen molar-refractivity contribution in [2.45, 2.75) is 12.8 Å². The molecule has 1 saturated heterocycles. The first-order valence-electron chi connectivity index (χ1n) is 2.18. The van der Waals surface area contributed by atoms with E-state index in [0.29, 0.717) is 6.42 Å². The summed E-state index contributed by atoms with van der Waals surface area (Å²) in [5, 5.41) is 0. The second kappa shape index (κ2) is 2.49. The first-order valence-corrected chi connectivity index (χ1v) is 4.59. The van der Waals surface area contributed by atoms with Gasteiger partial charge in [-0.25, -0.2) is 0 Å². The van der Waals surface area contributed by atoms with Crippen LogP contribution >= 0.6 is 0 Å². The molecule has 0 N–H and O–H groups in total. The van der Waals surface area contributed by atoms with Gasteiger partial charge >= 0.3 is 52.7 Å². The molecule has 2 nitrogen and oxygen atoms in total. The minimum atomic E-state index is -0.175. The molecule has 1 heterocycles. The molecule has 1 rings (SSSR count). The van der Waals surface area contributed by atoms with Gasteiger partial charge in [-0.3, -0.25) is 0 Å². The Kier molecular flexibility index (Phi) is 1.90. The summed E-state index contributed by atoms with van der Waals surface area (Å²) in [6.07, 6.45) is 1.71. The molecule has 0 atom stereocenters. The third-order valence-corrected chi connectivity index (χ3v) is 2.74. The van der Waals surface area contributed by atoms with Crippen molar-refractivity contribution in [1.82, 2.24) is 0 Å². The van der Waals surface area contributed by atoms with Crippen molar-refractivity contribution in [3.8, 4) is 0 Å². The predicted molar refractivity (Wildman–Crippen MR) is 20.2 cm³/mol. The maximum atomic E-state index is 10.3. The van der Waals surface area contributed by atoms with Crippen molar-refractivity contribution in [2.75, 3.05) is 4.43 Å². The Labute approximate surface area is 53.0 Å². The van der Waals surface area contributed by atoms with E-state index in [4.69, 9.17) is 3.07 Å². The Hall–Kier alpha value is 0.200. The fourth-order valence-corrected chi connectivity index (χ4v) is 1.88. The average Bonchev–Trinajstić information content (AvgIpc) is 1.69. The van der Waals surface area contributed by atoms with E-state index >= 15 is 0 Å². The molecule has 0 aromatic carbocycles. The number of hydrogen-bond acceptors (Lipinski definition) is 2. The molecule has 0 bridgehead atoms. The number of rotatable bonds is 0. The van der Waals surface area contributed by atoms with Gasteiger partial charge in [-0.1, -0.05) is 0 Å². The molecule has 42 valence electrons. The molecular weight excluding hydrogens is 207 g/mol. The average molecular weight is 213 g/mol. The van der Waals surface area contributed by atoms with Crippen LogP contribution in [0.5, 0.6) is 0 Å². The summed E-state index contributed by atoms with van der Waals surface area (Å²) in [5.41, 5.74) is 0. The molecule has 0 spiro atoms. The van der Waals surface area contributed by atoms with E-state index in [9.17, 15) is 4.79 Å². The number of halogens is 1. The standard InChI is InChI=1S/C4H6IO2/c6-4-2-1-3-5-7-4/h1-3H2/q-1. The topological polar surface area (TPSA) is 26.3 Å². The fourth-order valence-electron chi connectivity index (χ4n) is 0.404. The van der Waals surface area contributed by atoms with Gasteiger partial charge in [0.15, 0.2) is 0 Å². The Morgan fingerprint density at radius 3 is 2.86 bits per heavy atom. The van der Waals surface area contributed by atoms with Crippen molar-refractivity contribution >= 4 is 5.97 Å². The van der Waals surface area contributed by atoms with Crippen LogP contribution in [-0.2, 0) is 7.86 Å². The number of alkyl halides is 1. The predicted octanol–water partition coefficient (Wildman–Crippen LogP) is -2.67. The zero-order valence-electron chi connectivity index (χ0n) is 3.82. The van der Waals surface area contributed by atoms with Crippen molar-refractivity contribution < 1.29 is 29.5 Å². The molecule has 0 amide bonds. The SMILES string of the molecule is O=C1CCC[I-]O1. The summed E-state index contributed by atoms with van der Waals surface area (Å²) in [7, 11) is 0. The molecule has 0 radical (unpaired) electrons. The molecule has 0 unspecified atom stereocenters. The van der Waals surface area contributed by atoms with Gasteiger partial charge < -0.3 is 0 Å². The van der Waals surface area contributed by atoms with Crippen LogP contribution in [0.3, 0.4) is 0 Å². The van der Waals surface area contributed by atoms with Gasteiger partial charge in [-0.15, -0.1) is 0 Å². The maximum absolute atomic E-state index is 10.3. The molecule has 3 heteroatoms. The van der Waals surface area contributed by atoms with Gasteiger partial charge in [0.25, 0.3) is 0 Å². The number of carbonyl (C=O) groups excluding carboxylic acids is 1. The summed E-state index contributed by atoms with van der Waals surface area (Å²) < 4.78 is 5.91. The Balaban J connectivity index is 2.25. The Morgan fingerprint density at radius 2 is 2.57 bits per heavy atom. The second-order valence-electron chi connectivity index (χ2n) is 1.35. The zero-order chi connectivity index (χ0) is 5.11. The van der Waals surface area contributed by atoms with Crippen LogP contribution in [0.4, 0.5) is 0 Å². The van der Waals surface area contributed by atoms with Crippen LogP contribution in [0, 0.1) is 0 Å². The van der Waals surface area contributed by atoms with Crippen molar-refractivity contribution in [1.29, 1.82) is 0 Å². The zero-order valence-corrected chi connectivity index (χ0v) is 5.97. The Bertz CT molecular complexity index is 73.8. The summed E-state index contributed by atoms with van der Waals surface area (Å²) in [6.45, 7) is 0. The third-order valence-electron chi connectivity index (χ3n) is 0.732. The van der Waals surface area contributed by atoms with Gasteiger partial charge in [0, 0.05) is 0 Å². The summed E-state index contributed by atoms with van der Waals surface area (Å²) in [6, 6.07) is 0. The van der Waals surface area contributed by atoms with E-state index in [0.717, 1.165) is 10.8 Å². The van der Waals surface area contributed by atoms with E-state index in [2.05, 4.69) is 0 Å². The quantitative estimate of drug-likeness (QED) is 0.324. The molecule has 0 aromatic rings.